The molecule has 1 atom stereocenters. The van der Waals surface area contributed by atoms with Crippen LogP contribution in [0.2, 0.25) is 0 Å². The maximum Gasteiger partial charge on any atom is 0.262 e. The summed E-state index contributed by atoms with van der Waals surface area (Å²) in [5.41, 5.74) is 1.91. The number of amides is 1. The van der Waals surface area contributed by atoms with Gasteiger partial charge in [-0.2, -0.15) is 4.98 Å². The standard InChI is InChI=1S/C23H19N5O3/c29-23(16-6-2-1-3-7-16)28-13-10-17(15-28)30-20-9-5-4-8-18(20)22-26-21(27-31-22)19-14-24-11-12-25-19/h1-9,11-12,14,17H,10,13,15H2. The Morgan fingerprint density at radius 2 is 1.90 bits per heavy atom. The number of likely N-dealkylation sites (tertiary alicyclic amines) is 1. The third-order valence-corrected chi connectivity index (χ3v) is 5.08. The molecular weight excluding hydrogens is 394 g/mol. The molecule has 5 rings (SSSR count). The molecule has 1 saturated heterocycles. The molecule has 31 heavy (non-hydrogen) atoms. The second-order valence-electron chi connectivity index (χ2n) is 7.16. The SMILES string of the molecule is O=C(c1ccccc1)N1CCC(Oc2ccccc2-c2nc(-c3cnccn3)no2)C1. The predicted octanol–water partition coefficient (Wildman–Crippen LogP) is 3.49. The normalized spacial score (nSPS) is 15.7. The van der Waals surface area contributed by atoms with E-state index in [1.165, 1.54) is 0 Å². The molecule has 1 aliphatic heterocycles. The van der Waals surface area contributed by atoms with Gasteiger partial charge in [0.2, 0.25) is 5.82 Å². The van der Waals surface area contributed by atoms with Crippen LogP contribution in [-0.4, -0.2) is 50.1 Å². The average molecular weight is 413 g/mol. The fourth-order valence-electron chi connectivity index (χ4n) is 3.55. The number of hydrogen-bond acceptors (Lipinski definition) is 7. The number of rotatable bonds is 5. The Morgan fingerprint density at radius 3 is 2.74 bits per heavy atom. The van der Waals surface area contributed by atoms with Crippen LogP contribution in [0.5, 0.6) is 5.75 Å². The summed E-state index contributed by atoms with van der Waals surface area (Å²) in [6.07, 6.45) is 5.37. The Bertz CT molecular complexity index is 1180. The van der Waals surface area contributed by atoms with Crippen LogP contribution in [0.25, 0.3) is 23.0 Å². The molecule has 0 saturated carbocycles. The number of carbonyl (C=O) groups is 1. The maximum atomic E-state index is 12.7. The second kappa shape index (κ2) is 8.35. The lowest BCUT2D eigenvalue weighted by molar-refractivity contribution is 0.0772. The van der Waals surface area contributed by atoms with Gasteiger partial charge in [0.25, 0.3) is 11.8 Å². The van der Waals surface area contributed by atoms with Crippen LogP contribution < -0.4 is 4.74 Å². The quantitative estimate of drug-likeness (QED) is 0.494. The molecule has 3 heterocycles. The molecule has 1 unspecified atom stereocenters. The fourth-order valence-corrected chi connectivity index (χ4v) is 3.55. The minimum atomic E-state index is -0.115. The highest BCUT2D eigenvalue weighted by Gasteiger charge is 2.29. The summed E-state index contributed by atoms with van der Waals surface area (Å²) in [6, 6.07) is 16.8. The molecule has 1 amide bonds. The first-order valence-electron chi connectivity index (χ1n) is 9.98. The molecule has 0 radical (unpaired) electrons. The lowest BCUT2D eigenvalue weighted by Gasteiger charge is -2.18. The van der Waals surface area contributed by atoms with E-state index in [9.17, 15) is 4.79 Å². The van der Waals surface area contributed by atoms with Crippen molar-refractivity contribution in [3.8, 4) is 28.7 Å². The van der Waals surface area contributed by atoms with E-state index in [4.69, 9.17) is 9.26 Å². The van der Waals surface area contributed by atoms with Crippen molar-refractivity contribution in [3.63, 3.8) is 0 Å². The summed E-state index contributed by atoms with van der Waals surface area (Å²) in [7, 11) is 0. The van der Waals surface area contributed by atoms with Gasteiger partial charge in [0.15, 0.2) is 0 Å². The zero-order valence-corrected chi connectivity index (χ0v) is 16.6. The monoisotopic (exact) mass is 413 g/mol. The van der Waals surface area contributed by atoms with Crippen molar-refractivity contribution in [2.24, 2.45) is 0 Å². The summed E-state index contributed by atoms with van der Waals surface area (Å²) in [4.78, 5) is 27.2. The van der Waals surface area contributed by atoms with Gasteiger partial charge in [-0.15, -0.1) is 0 Å². The maximum absolute atomic E-state index is 12.7. The van der Waals surface area contributed by atoms with E-state index < -0.39 is 0 Å². The van der Waals surface area contributed by atoms with Crippen LogP contribution >= 0.6 is 0 Å². The van der Waals surface area contributed by atoms with Gasteiger partial charge >= 0.3 is 0 Å². The van der Waals surface area contributed by atoms with E-state index in [0.717, 1.165) is 6.42 Å². The summed E-state index contributed by atoms with van der Waals surface area (Å²) in [5, 5.41) is 4.01. The summed E-state index contributed by atoms with van der Waals surface area (Å²) in [5.74, 6) is 1.35. The first kappa shape index (κ1) is 18.9. The smallest absolute Gasteiger partial charge is 0.262 e. The molecule has 8 heteroatoms. The van der Waals surface area contributed by atoms with Crippen molar-refractivity contribution in [1.29, 1.82) is 0 Å². The Hall–Kier alpha value is -4.07. The summed E-state index contributed by atoms with van der Waals surface area (Å²) < 4.78 is 11.7. The van der Waals surface area contributed by atoms with Crippen LogP contribution in [0, 0.1) is 0 Å². The van der Waals surface area contributed by atoms with Gasteiger partial charge in [-0.3, -0.25) is 9.78 Å². The van der Waals surface area contributed by atoms with Gasteiger partial charge in [-0.05, 0) is 24.3 Å². The van der Waals surface area contributed by atoms with Crippen molar-refractivity contribution < 1.29 is 14.1 Å². The molecule has 2 aromatic carbocycles. The molecule has 1 aliphatic rings. The highest BCUT2D eigenvalue weighted by molar-refractivity contribution is 5.94. The lowest BCUT2D eigenvalue weighted by Crippen LogP contribution is -2.30. The molecule has 2 aromatic heterocycles. The highest BCUT2D eigenvalue weighted by atomic mass is 16.5. The highest BCUT2D eigenvalue weighted by Crippen LogP contribution is 2.31. The Kier molecular flexibility index (Phi) is 5.10. The fraction of sp³-hybridized carbons (Fsp3) is 0.174. The van der Waals surface area contributed by atoms with E-state index in [1.807, 2.05) is 59.5 Å². The third-order valence-electron chi connectivity index (χ3n) is 5.08. The zero-order chi connectivity index (χ0) is 21.0. The van der Waals surface area contributed by atoms with Crippen LogP contribution in [-0.2, 0) is 0 Å². The number of nitrogens with zero attached hydrogens (tertiary/aromatic N) is 5. The van der Waals surface area contributed by atoms with E-state index >= 15 is 0 Å². The van der Waals surface area contributed by atoms with Crippen molar-refractivity contribution in [2.75, 3.05) is 13.1 Å². The molecule has 1 fully saturated rings. The molecule has 8 nitrogen and oxygen atoms in total. The molecule has 0 spiro atoms. The summed E-state index contributed by atoms with van der Waals surface area (Å²) >= 11 is 0. The molecule has 0 bridgehead atoms. The van der Waals surface area contributed by atoms with Gasteiger partial charge in [0.05, 0.1) is 18.3 Å². The largest absolute Gasteiger partial charge is 0.488 e. The Labute approximate surface area is 178 Å². The van der Waals surface area contributed by atoms with Gasteiger partial charge < -0.3 is 14.2 Å². The number of aromatic nitrogens is 4. The van der Waals surface area contributed by atoms with Crippen LogP contribution in [0.4, 0.5) is 0 Å². The number of para-hydroxylation sites is 1. The Balaban J connectivity index is 1.32. The van der Waals surface area contributed by atoms with Crippen LogP contribution in [0.15, 0.2) is 77.7 Å². The first-order valence-corrected chi connectivity index (χ1v) is 9.98. The number of ether oxygens (including phenoxy) is 1. The molecule has 4 aromatic rings. The van der Waals surface area contributed by atoms with Crippen LogP contribution in [0.1, 0.15) is 16.8 Å². The van der Waals surface area contributed by atoms with E-state index in [-0.39, 0.29) is 12.0 Å². The van der Waals surface area contributed by atoms with Gasteiger partial charge in [0.1, 0.15) is 17.5 Å². The van der Waals surface area contributed by atoms with Gasteiger partial charge in [-0.1, -0.05) is 35.5 Å². The number of hydrogen-bond donors (Lipinski definition) is 0. The number of benzene rings is 2. The van der Waals surface area contributed by atoms with Crippen molar-refractivity contribution in [1.82, 2.24) is 25.0 Å². The zero-order valence-electron chi connectivity index (χ0n) is 16.6. The number of carbonyl (C=O) groups excluding carboxylic acids is 1. The van der Waals surface area contributed by atoms with Gasteiger partial charge in [0, 0.05) is 30.9 Å². The van der Waals surface area contributed by atoms with E-state index in [2.05, 4.69) is 20.1 Å². The first-order chi connectivity index (χ1) is 15.3. The predicted molar refractivity (Wildman–Crippen MR) is 112 cm³/mol. The molecular formula is C23H19N5O3. The molecule has 0 aliphatic carbocycles. The molecule has 154 valence electrons. The summed E-state index contributed by atoms with van der Waals surface area (Å²) in [6.45, 7) is 1.18. The van der Waals surface area contributed by atoms with Crippen molar-refractivity contribution in [2.45, 2.75) is 12.5 Å². The van der Waals surface area contributed by atoms with E-state index in [0.29, 0.717) is 47.4 Å². The van der Waals surface area contributed by atoms with E-state index in [1.54, 1.807) is 18.6 Å². The minimum Gasteiger partial charge on any atom is -0.488 e. The van der Waals surface area contributed by atoms with Crippen molar-refractivity contribution >= 4 is 5.91 Å². The lowest BCUT2D eigenvalue weighted by atomic mass is 10.2. The van der Waals surface area contributed by atoms with Crippen molar-refractivity contribution in [3.05, 3.63) is 78.8 Å². The minimum absolute atomic E-state index is 0.0190. The molecule has 0 N–H and O–H groups in total. The topological polar surface area (TPSA) is 94.2 Å². The Morgan fingerprint density at radius 1 is 1.06 bits per heavy atom. The second-order valence-corrected chi connectivity index (χ2v) is 7.16. The third kappa shape index (κ3) is 4.00. The van der Waals surface area contributed by atoms with Crippen LogP contribution in [0.3, 0.4) is 0 Å². The van der Waals surface area contributed by atoms with Gasteiger partial charge in [-0.25, -0.2) is 4.98 Å². The average Bonchev–Trinajstić information content (AvgIpc) is 3.50.